The lowest BCUT2D eigenvalue weighted by Gasteiger charge is -2.08. The number of hydrogen-bond acceptors (Lipinski definition) is 7. The minimum absolute atomic E-state index is 0.255. The average Bonchev–Trinajstić information content (AvgIpc) is 3.18. The van der Waals surface area contributed by atoms with Gasteiger partial charge in [-0.3, -0.25) is 14.2 Å². The van der Waals surface area contributed by atoms with Crippen molar-refractivity contribution >= 4 is 38.9 Å². The Morgan fingerprint density at radius 3 is 3.00 bits per heavy atom. The van der Waals surface area contributed by atoms with Gasteiger partial charge in [-0.15, -0.1) is 22.7 Å². The molecule has 0 N–H and O–H groups in total. The number of esters is 1. The molecular weight excluding hydrogens is 334 g/mol. The number of aryl methyl sites for hydroxylation is 1. The van der Waals surface area contributed by atoms with Crippen LogP contribution < -0.4 is 5.56 Å². The predicted octanol–water partition coefficient (Wildman–Crippen LogP) is 2.56. The summed E-state index contributed by atoms with van der Waals surface area (Å²) in [6.07, 6.45) is 0. The maximum Gasteiger partial charge on any atom is 0.327 e. The van der Waals surface area contributed by atoms with E-state index < -0.39 is 5.97 Å². The van der Waals surface area contributed by atoms with Crippen molar-refractivity contribution in [3.63, 3.8) is 0 Å². The number of rotatable bonds is 4. The fraction of sp³-hybridized carbons (Fsp3) is 0.200. The summed E-state index contributed by atoms with van der Waals surface area (Å²) in [4.78, 5) is 30.6. The third-order valence-electron chi connectivity index (χ3n) is 3.26. The number of hydrogen-bond donors (Lipinski definition) is 0. The van der Waals surface area contributed by atoms with Crippen LogP contribution in [0.5, 0.6) is 0 Å². The smallest absolute Gasteiger partial charge is 0.327 e. The molecule has 116 valence electrons. The lowest BCUT2D eigenvalue weighted by Crippen LogP contribution is -2.28. The van der Waals surface area contributed by atoms with Crippen molar-refractivity contribution in [2.75, 3.05) is 6.61 Å². The maximum absolute atomic E-state index is 12.8. The molecule has 0 unspecified atom stereocenters. The number of thiophene rings is 2. The molecule has 3 heterocycles. The van der Waals surface area contributed by atoms with E-state index in [2.05, 4.69) is 4.98 Å². The fourth-order valence-electron chi connectivity index (χ4n) is 2.21. The van der Waals surface area contributed by atoms with Crippen LogP contribution in [0.2, 0.25) is 0 Å². The Labute approximate surface area is 139 Å². The number of carbonyl (C=O) groups excluding carboxylic acids is 1. The lowest BCUT2D eigenvalue weighted by molar-refractivity contribution is -0.143. The van der Waals surface area contributed by atoms with Gasteiger partial charge in [-0.2, -0.15) is 5.26 Å². The second-order valence-electron chi connectivity index (χ2n) is 4.68. The number of fused-ring (bicyclic) bond motifs is 1. The molecule has 0 aliphatic heterocycles. The molecule has 0 bridgehead atoms. The SMILES string of the molecule is Cc1nc2scc(-c3cccs3)c2c(=O)n1CC(=O)OCC#N. The lowest BCUT2D eigenvalue weighted by atomic mass is 10.2. The fourth-order valence-corrected chi connectivity index (χ4v) is 4.01. The molecule has 3 rings (SSSR count). The second kappa shape index (κ2) is 6.32. The Bertz CT molecular complexity index is 964. The first-order chi connectivity index (χ1) is 11.1. The number of ether oxygens (including phenoxy) is 1. The molecule has 0 spiro atoms. The first-order valence-electron chi connectivity index (χ1n) is 6.67. The summed E-state index contributed by atoms with van der Waals surface area (Å²) in [6.45, 7) is 1.08. The van der Waals surface area contributed by atoms with Gasteiger partial charge in [0.05, 0.1) is 5.39 Å². The Hall–Kier alpha value is -2.50. The van der Waals surface area contributed by atoms with Gasteiger partial charge >= 0.3 is 5.97 Å². The topological polar surface area (TPSA) is 85.0 Å². The van der Waals surface area contributed by atoms with Gasteiger partial charge in [-0.25, -0.2) is 4.98 Å². The molecule has 8 heteroatoms. The van der Waals surface area contributed by atoms with Gasteiger partial charge in [-0.1, -0.05) is 6.07 Å². The van der Waals surface area contributed by atoms with E-state index in [-0.39, 0.29) is 18.7 Å². The van der Waals surface area contributed by atoms with Crippen LogP contribution in [0.25, 0.3) is 20.7 Å². The molecule has 23 heavy (non-hydrogen) atoms. The predicted molar refractivity (Wildman–Crippen MR) is 88.5 cm³/mol. The largest absolute Gasteiger partial charge is 0.449 e. The van der Waals surface area contributed by atoms with Crippen LogP contribution in [-0.4, -0.2) is 22.1 Å². The van der Waals surface area contributed by atoms with E-state index in [4.69, 9.17) is 10.00 Å². The Kier molecular flexibility index (Phi) is 4.23. The molecule has 0 radical (unpaired) electrons. The molecule has 0 saturated carbocycles. The van der Waals surface area contributed by atoms with Crippen molar-refractivity contribution in [3.05, 3.63) is 39.1 Å². The monoisotopic (exact) mass is 345 g/mol. The zero-order valence-electron chi connectivity index (χ0n) is 12.1. The zero-order chi connectivity index (χ0) is 16.4. The molecule has 3 aromatic heterocycles. The summed E-state index contributed by atoms with van der Waals surface area (Å²) in [6, 6.07) is 5.58. The van der Waals surface area contributed by atoms with Crippen LogP contribution in [0.4, 0.5) is 0 Å². The van der Waals surface area contributed by atoms with E-state index in [9.17, 15) is 9.59 Å². The second-order valence-corrected chi connectivity index (χ2v) is 6.48. The highest BCUT2D eigenvalue weighted by Crippen LogP contribution is 2.33. The van der Waals surface area contributed by atoms with Crippen molar-refractivity contribution in [3.8, 4) is 16.5 Å². The number of carbonyl (C=O) groups is 1. The van der Waals surface area contributed by atoms with Crippen LogP contribution in [0.1, 0.15) is 5.82 Å². The van der Waals surface area contributed by atoms with Crippen molar-refractivity contribution in [2.24, 2.45) is 0 Å². The van der Waals surface area contributed by atoms with Crippen molar-refractivity contribution in [2.45, 2.75) is 13.5 Å². The number of aromatic nitrogens is 2. The summed E-state index contributed by atoms with van der Waals surface area (Å²) in [5.74, 6) is -0.193. The van der Waals surface area contributed by atoms with Gasteiger partial charge in [0.15, 0.2) is 6.61 Å². The van der Waals surface area contributed by atoms with E-state index in [1.807, 2.05) is 22.9 Å². The van der Waals surface area contributed by atoms with E-state index in [1.165, 1.54) is 15.9 Å². The van der Waals surface area contributed by atoms with Crippen LogP contribution in [0, 0.1) is 18.3 Å². The first kappa shape index (κ1) is 15.4. The van der Waals surface area contributed by atoms with Crippen LogP contribution >= 0.6 is 22.7 Å². The zero-order valence-corrected chi connectivity index (χ0v) is 13.7. The molecule has 3 aromatic rings. The Morgan fingerprint density at radius 1 is 1.48 bits per heavy atom. The third-order valence-corrected chi connectivity index (χ3v) is 5.03. The summed E-state index contributed by atoms with van der Waals surface area (Å²) in [5, 5.41) is 12.8. The molecule has 0 saturated heterocycles. The molecular formula is C15H11N3O3S2. The maximum atomic E-state index is 12.8. The molecule has 0 amide bonds. The molecule has 0 fully saturated rings. The highest BCUT2D eigenvalue weighted by molar-refractivity contribution is 7.18. The van der Waals surface area contributed by atoms with Gasteiger partial charge in [0, 0.05) is 15.8 Å². The summed E-state index contributed by atoms with van der Waals surface area (Å²) in [5.41, 5.74) is 0.558. The molecule has 6 nitrogen and oxygen atoms in total. The molecule has 0 aromatic carbocycles. The minimum atomic E-state index is -0.634. The standard InChI is InChI=1S/C15H11N3O3S2/c1-9-17-14-13(10(8-23-14)11-3-2-6-22-11)15(20)18(9)7-12(19)21-5-4-16/h2-3,6,8H,5,7H2,1H3. The first-order valence-corrected chi connectivity index (χ1v) is 8.43. The number of nitriles is 1. The van der Waals surface area contributed by atoms with Gasteiger partial charge in [0.2, 0.25) is 0 Å². The Balaban J connectivity index is 2.09. The summed E-state index contributed by atoms with van der Waals surface area (Å²) >= 11 is 2.95. The van der Waals surface area contributed by atoms with Crippen LogP contribution in [-0.2, 0) is 16.1 Å². The summed E-state index contributed by atoms with van der Waals surface area (Å²) < 4.78 is 6.00. The molecule has 0 atom stereocenters. The highest BCUT2D eigenvalue weighted by atomic mass is 32.1. The van der Waals surface area contributed by atoms with Crippen LogP contribution in [0.15, 0.2) is 27.7 Å². The van der Waals surface area contributed by atoms with E-state index >= 15 is 0 Å². The molecule has 0 aliphatic carbocycles. The van der Waals surface area contributed by atoms with E-state index in [1.54, 1.807) is 24.3 Å². The van der Waals surface area contributed by atoms with Crippen molar-refractivity contribution in [1.82, 2.24) is 9.55 Å². The van der Waals surface area contributed by atoms with Crippen LogP contribution in [0.3, 0.4) is 0 Å². The van der Waals surface area contributed by atoms with Crippen molar-refractivity contribution in [1.29, 1.82) is 5.26 Å². The quantitative estimate of drug-likeness (QED) is 0.679. The number of nitrogens with zero attached hydrogens (tertiary/aromatic N) is 3. The van der Waals surface area contributed by atoms with Gasteiger partial charge in [0.1, 0.15) is 23.3 Å². The van der Waals surface area contributed by atoms with Gasteiger partial charge in [-0.05, 0) is 18.4 Å². The highest BCUT2D eigenvalue weighted by Gasteiger charge is 2.17. The molecule has 0 aliphatic rings. The van der Waals surface area contributed by atoms with Crippen molar-refractivity contribution < 1.29 is 9.53 Å². The van der Waals surface area contributed by atoms with E-state index in [0.29, 0.717) is 16.0 Å². The van der Waals surface area contributed by atoms with Gasteiger partial charge in [0.25, 0.3) is 5.56 Å². The Morgan fingerprint density at radius 2 is 2.30 bits per heavy atom. The summed E-state index contributed by atoms with van der Waals surface area (Å²) in [7, 11) is 0. The minimum Gasteiger partial charge on any atom is -0.449 e. The normalized spacial score (nSPS) is 10.6. The third kappa shape index (κ3) is 2.88. The van der Waals surface area contributed by atoms with Gasteiger partial charge < -0.3 is 4.74 Å². The average molecular weight is 345 g/mol. The van der Waals surface area contributed by atoms with E-state index in [0.717, 1.165) is 10.4 Å².